The molecule has 0 aliphatic heterocycles. The topological polar surface area (TPSA) is 46.9 Å². The van der Waals surface area contributed by atoms with E-state index in [0.29, 0.717) is 6.54 Å². The number of hydrogen-bond donors (Lipinski definition) is 1. The molecule has 0 saturated heterocycles. The molecule has 0 atom stereocenters. The van der Waals surface area contributed by atoms with Crippen molar-refractivity contribution in [2.45, 2.75) is 32.2 Å². The summed E-state index contributed by atoms with van der Waals surface area (Å²) < 4.78 is 1.94. The SMILES string of the molecule is O=C(NCCCn1ncc2c(Cl)cccc21)C1CCC1. The van der Waals surface area contributed by atoms with Gasteiger partial charge >= 0.3 is 0 Å². The number of hydrogen-bond acceptors (Lipinski definition) is 2. The molecule has 1 aliphatic carbocycles. The highest BCUT2D eigenvalue weighted by Gasteiger charge is 2.24. The molecule has 0 spiro atoms. The van der Waals surface area contributed by atoms with E-state index in [4.69, 9.17) is 11.6 Å². The molecule has 106 valence electrons. The average Bonchev–Trinajstić information content (AvgIpc) is 2.77. The number of carbonyl (C=O) groups is 1. The van der Waals surface area contributed by atoms with E-state index in [2.05, 4.69) is 10.4 Å². The van der Waals surface area contributed by atoms with Crippen molar-refractivity contribution in [3.05, 3.63) is 29.4 Å². The number of amides is 1. The molecule has 1 aliphatic rings. The number of nitrogens with zero attached hydrogens (tertiary/aromatic N) is 2. The van der Waals surface area contributed by atoms with Crippen LogP contribution in [0.3, 0.4) is 0 Å². The van der Waals surface area contributed by atoms with Crippen molar-refractivity contribution < 1.29 is 4.79 Å². The molecule has 1 fully saturated rings. The minimum Gasteiger partial charge on any atom is -0.356 e. The minimum absolute atomic E-state index is 0.213. The Morgan fingerprint density at radius 1 is 1.45 bits per heavy atom. The largest absolute Gasteiger partial charge is 0.356 e. The smallest absolute Gasteiger partial charge is 0.223 e. The van der Waals surface area contributed by atoms with Gasteiger partial charge in [-0.3, -0.25) is 9.48 Å². The molecule has 1 amide bonds. The van der Waals surface area contributed by atoms with E-state index in [-0.39, 0.29) is 11.8 Å². The lowest BCUT2D eigenvalue weighted by Crippen LogP contribution is -2.35. The lowest BCUT2D eigenvalue weighted by atomic mass is 9.85. The van der Waals surface area contributed by atoms with Gasteiger partial charge in [0.1, 0.15) is 0 Å². The van der Waals surface area contributed by atoms with Crippen LogP contribution in [0.5, 0.6) is 0 Å². The van der Waals surface area contributed by atoms with Crippen molar-refractivity contribution in [2.24, 2.45) is 5.92 Å². The van der Waals surface area contributed by atoms with E-state index in [1.807, 2.05) is 22.9 Å². The fraction of sp³-hybridized carbons (Fsp3) is 0.467. The highest BCUT2D eigenvalue weighted by Crippen LogP contribution is 2.26. The zero-order valence-electron chi connectivity index (χ0n) is 11.3. The molecule has 4 nitrogen and oxygen atoms in total. The molecule has 1 aromatic heterocycles. The highest BCUT2D eigenvalue weighted by molar-refractivity contribution is 6.35. The van der Waals surface area contributed by atoms with Gasteiger partial charge < -0.3 is 5.32 Å². The van der Waals surface area contributed by atoms with Crippen LogP contribution in [-0.4, -0.2) is 22.2 Å². The third-order valence-corrected chi connectivity index (χ3v) is 4.29. The first-order chi connectivity index (χ1) is 9.75. The van der Waals surface area contributed by atoms with Crippen molar-refractivity contribution in [2.75, 3.05) is 6.54 Å². The predicted octanol–water partition coefficient (Wildman–Crippen LogP) is 3.00. The summed E-state index contributed by atoms with van der Waals surface area (Å²) in [5, 5.41) is 9.06. The van der Waals surface area contributed by atoms with Gasteiger partial charge in [-0.25, -0.2) is 0 Å². The summed E-state index contributed by atoms with van der Waals surface area (Å²) in [6, 6.07) is 5.82. The van der Waals surface area contributed by atoms with Gasteiger partial charge in [0, 0.05) is 24.4 Å². The van der Waals surface area contributed by atoms with Crippen LogP contribution in [0.15, 0.2) is 24.4 Å². The maximum atomic E-state index is 11.7. The van der Waals surface area contributed by atoms with Crippen LogP contribution in [-0.2, 0) is 11.3 Å². The monoisotopic (exact) mass is 291 g/mol. The molecule has 3 rings (SSSR count). The van der Waals surface area contributed by atoms with Gasteiger partial charge in [-0.05, 0) is 31.4 Å². The molecule has 0 radical (unpaired) electrons. The molecular weight excluding hydrogens is 274 g/mol. The van der Waals surface area contributed by atoms with E-state index in [1.54, 1.807) is 6.20 Å². The van der Waals surface area contributed by atoms with E-state index < -0.39 is 0 Å². The van der Waals surface area contributed by atoms with Crippen molar-refractivity contribution in [3.8, 4) is 0 Å². The summed E-state index contributed by atoms with van der Waals surface area (Å²) in [6.07, 6.45) is 5.97. The van der Waals surface area contributed by atoms with Crippen molar-refractivity contribution in [1.29, 1.82) is 0 Å². The summed E-state index contributed by atoms with van der Waals surface area (Å²) in [5.74, 6) is 0.476. The second kappa shape index (κ2) is 5.83. The molecule has 0 unspecified atom stereocenters. The Bertz CT molecular complexity index is 619. The summed E-state index contributed by atoms with van der Waals surface area (Å²) >= 11 is 6.12. The maximum Gasteiger partial charge on any atom is 0.223 e. The van der Waals surface area contributed by atoms with Gasteiger partial charge in [0.2, 0.25) is 5.91 Å². The fourth-order valence-corrected chi connectivity index (χ4v) is 2.72. The van der Waals surface area contributed by atoms with E-state index in [9.17, 15) is 4.79 Å². The second-order valence-corrected chi connectivity index (χ2v) is 5.72. The zero-order valence-corrected chi connectivity index (χ0v) is 12.1. The molecule has 1 aromatic carbocycles. The molecule has 1 heterocycles. The molecular formula is C15H18ClN3O. The van der Waals surface area contributed by atoms with Gasteiger partial charge in [-0.1, -0.05) is 24.1 Å². The fourth-order valence-electron chi connectivity index (χ4n) is 2.50. The number of aromatic nitrogens is 2. The van der Waals surface area contributed by atoms with Crippen LogP contribution in [0.1, 0.15) is 25.7 Å². The van der Waals surface area contributed by atoms with Crippen LogP contribution >= 0.6 is 11.6 Å². The normalized spacial score (nSPS) is 15.2. The predicted molar refractivity (Wildman–Crippen MR) is 79.7 cm³/mol. The number of halogens is 1. The number of benzene rings is 1. The molecule has 1 saturated carbocycles. The lowest BCUT2D eigenvalue weighted by Gasteiger charge is -2.23. The zero-order chi connectivity index (χ0) is 13.9. The first-order valence-electron chi connectivity index (χ1n) is 7.13. The summed E-state index contributed by atoms with van der Waals surface area (Å²) in [5.41, 5.74) is 1.04. The van der Waals surface area contributed by atoms with E-state index in [1.165, 1.54) is 6.42 Å². The Hall–Kier alpha value is -1.55. The van der Waals surface area contributed by atoms with Gasteiger partial charge in [0.15, 0.2) is 0 Å². The van der Waals surface area contributed by atoms with Crippen molar-refractivity contribution in [3.63, 3.8) is 0 Å². The highest BCUT2D eigenvalue weighted by atomic mass is 35.5. The van der Waals surface area contributed by atoms with E-state index >= 15 is 0 Å². The van der Waals surface area contributed by atoms with Crippen molar-refractivity contribution in [1.82, 2.24) is 15.1 Å². The summed E-state index contributed by atoms with van der Waals surface area (Å²) in [6.45, 7) is 1.49. The molecule has 20 heavy (non-hydrogen) atoms. The molecule has 0 bridgehead atoms. The number of nitrogens with one attached hydrogen (secondary N) is 1. The van der Waals surface area contributed by atoms with Gasteiger partial charge in [-0.2, -0.15) is 5.10 Å². The van der Waals surface area contributed by atoms with Gasteiger partial charge in [-0.15, -0.1) is 0 Å². The van der Waals surface area contributed by atoms with Gasteiger partial charge in [0.05, 0.1) is 16.7 Å². The first kappa shape index (κ1) is 13.4. The Balaban J connectivity index is 1.52. The Morgan fingerprint density at radius 2 is 2.30 bits per heavy atom. The van der Waals surface area contributed by atoms with Crippen LogP contribution < -0.4 is 5.32 Å². The quantitative estimate of drug-likeness (QED) is 0.861. The first-order valence-corrected chi connectivity index (χ1v) is 7.51. The number of carbonyl (C=O) groups excluding carboxylic acids is 1. The van der Waals surface area contributed by atoms with Crippen LogP contribution in [0.4, 0.5) is 0 Å². The molecule has 1 N–H and O–H groups in total. The summed E-state index contributed by atoms with van der Waals surface area (Å²) in [7, 11) is 0. The second-order valence-electron chi connectivity index (χ2n) is 5.31. The number of rotatable bonds is 5. The summed E-state index contributed by atoms with van der Waals surface area (Å²) in [4.78, 5) is 11.7. The number of fused-ring (bicyclic) bond motifs is 1. The molecule has 2 aromatic rings. The third kappa shape index (κ3) is 2.66. The molecule has 5 heteroatoms. The average molecular weight is 292 g/mol. The third-order valence-electron chi connectivity index (χ3n) is 3.96. The number of aryl methyl sites for hydroxylation is 1. The standard InChI is InChI=1S/C15H18ClN3O/c16-13-6-2-7-14-12(13)10-18-19(14)9-3-8-17-15(20)11-4-1-5-11/h2,6-7,10-11H,1,3-5,8-9H2,(H,17,20). The maximum absolute atomic E-state index is 11.7. The van der Waals surface area contributed by atoms with Crippen LogP contribution in [0.2, 0.25) is 5.02 Å². The Labute approximate surface area is 123 Å². The lowest BCUT2D eigenvalue weighted by molar-refractivity contribution is -0.127. The Morgan fingerprint density at radius 3 is 3.05 bits per heavy atom. The van der Waals surface area contributed by atoms with E-state index in [0.717, 1.165) is 41.7 Å². The van der Waals surface area contributed by atoms with Crippen molar-refractivity contribution >= 4 is 28.4 Å². The van der Waals surface area contributed by atoms with Gasteiger partial charge in [0.25, 0.3) is 0 Å². The minimum atomic E-state index is 0.213. The Kier molecular flexibility index (Phi) is 3.92. The van der Waals surface area contributed by atoms with Crippen LogP contribution in [0.25, 0.3) is 10.9 Å². The van der Waals surface area contributed by atoms with Crippen LogP contribution in [0, 0.1) is 5.92 Å².